The summed E-state index contributed by atoms with van der Waals surface area (Å²) >= 11 is 0. The molecule has 5 nitrogen and oxygen atoms in total. The Morgan fingerprint density at radius 3 is 2.64 bits per heavy atom. The first-order valence-electron chi connectivity index (χ1n) is 10.3. The molecule has 0 amide bonds. The van der Waals surface area contributed by atoms with Gasteiger partial charge >= 0.3 is 0 Å². The van der Waals surface area contributed by atoms with E-state index in [4.69, 9.17) is 9.47 Å². The van der Waals surface area contributed by atoms with E-state index in [1.807, 2.05) is 6.07 Å². The highest BCUT2D eigenvalue weighted by Gasteiger charge is 2.24. The zero-order chi connectivity index (χ0) is 19.3. The van der Waals surface area contributed by atoms with E-state index in [9.17, 15) is 0 Å². The van der Waals surface area contributed by atoms with E-state index in [1.165, 1.54) is 11.3 Å². The molecule has 0 bridgehead atoms. The molecule has 0 aliphatic carbocycles. The molecule has 0 aromatic heterocycles. The minimum atomic E-state index is 0.239. The lowest BCUT2D eigenvalue weighted by atomic mass is 10.0. The van der Waals surface area contributed by atoms with Gasteiger partial charge in [-0.15, -0.1) is 0 Å². The van der Waals surface area contributed by atoms with Crippen molar-refractivity contribution in [2.24, 2.45) is 0 Å². The Balaban J connectivity index is 1.46. The number of ether oxygens (including phenoxy) is 2. The summed E-state index contributed by atoms with van der Waals surface area (Å²) in [4.78, 5) is 4.77. The molecule has 2 saturated heterocycles. The number of piperazine rings is 1. The van der Waals surface area contributed by atoms with Crippen molar-refractivity contribution in [2.75, 3.05) is 51.8 Å². The first-order valence-corrected chi connectivity index (χ1v) is 10.3. The first kappa shape index (κ1) is 19.1. The fourth-order valence-electron chi connectivity index (χ4n) is 4.22. The van der Waals surface area contributed by atoms with Gasteiger partial charge in [-0.3, -0.25) is 0 Å². The lowest BCUT2D eigenvalue weighted by Crippen LogP contribution is -2.51. The molecule has 2 aromatic carbocycles. The van der Waals surface area contributed by atoms with Crippen LogP contribution in [-0.4, -0.2) is 63.9 Å². The van der Waals surface area contributed by atoms with Gasteiger partial charge in [-0.1, -0.05) is 30.3 Å². The SMILES string of the molecule is COc1ccc(N2CCNC(Cc3ccccc3)C2)cc1OC1CCN(C)C1. The number of hydrogen-bond acceptors (Lipinski definition) is 5. The van der Waals surface area contributed by atoms with Gasteiger partial charge in [-0.2, -0.15) is 0 Å². The number of nitrogens with zero attached hydrogens (tertiary/aromatic N) is 2. The van der Waals surface area contributed by atoms with Crippen molar-refractivity contribution in [3.05, 3.63) is 54.1 Å². The van der Waals surface area contributed by atoms with Crippen LogP contribution in [-0.2, 0) is 6.42 Å². The molecule has 2 aliphatic rings. The van der Waals surface area contributed by atoms with E-state index >= 15 is 0 Å². The maximum atomic E-state index is 6.31. The zero-order valence-electron chi connectivity index (χ0n) is 16.9. The van der Waals surface area contributed by atoms with Crippen LogP contribution in [0.25, 0.3) is 0 Å². The summed E-state index contributed by atoms with van der Waals surface area (Å²) in [6.07, 6.45) is 2.35. The summed E-state index contributed by atoms with van der Waals surface area (Å²) in [5.41, 5.74) is 2.59. The predicted molar refractivity (Wildman–Crippen MR) is 114 cm³/mol. The van der Waals surface area contributed by atoms with Gasteiger partial charge in [0.15, 0.2) is 11.5 Å². The Bertz CT molecular complexity index is 768. The molecule has 4 rings (SSSR count). The average Bonchev–Trinajstić information content (AvgIpc) is 3.13. The minimum Gasteiger partial charge on any atom is -0.493 e. The number of nitrogens with one attached hydrogen (secondary N) is 1. The first-order chi connectivity index (χ1) is 13.7. The number of methoxy groups -OCH3 is 1. The van der Waals surface area contributed by atoms with Crippen molar-refractivity contribution in [1.82, 2.24) is 10.2 Å². The Kier molecular flexibility index (Phi) is 6.03. The van der Waals surface area contributed by atoms with Crippen LogP contribution in [0.15, 0.2) is 48.5 Å². The number of benzene rings is 2. The van der Waals surface area contributed by atoms with Crippen LogP contribution in [0, 0.1) is 0 Å². The van der Waals surface area contributed by atoms with Gasteiger partial charge in [0, 0.05) is 50.5 Å². The third kappa shape index (κ3) is 4.59. The van der Waals surface area contributed by atoms with Crippen LogP contribution in [0.3, 0.4) is 0 Å². The second-order valence-corrected chi connectivity index (χ2v) is 7.91. The topological polar surface area (TPSA) is 37.0 Å². The minimum absolute atomic E-state index is 0.239. The van der Waals surface area contributed by atoms with Gasteiger partial charge in [-0.05, 0) is 37.6 Å². The molecular weight excluding hydrogens is 350 g/mol. The molecule has 1 N–H and O–H groups in total. The third-order valence-corrected chi connectivity index (χ3v) is 5.73. The summed E-state index contributed by atoms with van der Waals surface area (Å²) in [5, 5.41) is 3.66. The van der Waals surface area contributed by atoms with Gasteiger partial charge in [0.05, 0.1) is 7.11 Å². The molecule has 2 unspecified atom stereocenters. The van der Waals surface area contributed by atoms with Crippen molar-refractivity contribution in [3.63, 3.8) is 0 Å². The van der Waals surface area contributed by atoms with Crippen LogP contribution in [0.1, 0.15) is 12.0 Å². The average molecular weight is 382 g/mol. The maximum Gasteiger partial charge on any atom is 0.163 e. The fourth-order valence-corrected chi connectivity index (χ4v) is 4.22. The van der Waals surface area contributed by atoms with E-state index in [2.05, 4.69) is 64.6 Å². The molecule has 5 heteroatoms. The molecule has 2 atom stereocenters. The monoisotopic (exact) mass is 381 g/mol. The predicted octanol–water partition coefficient (Wildman–Crippen LogP) is 2.80. The summed E-state index contributed by atoms with van der Waals surface area (Å²) < 4.78 is 11.9. The lowest BCUT2D eigenvalue weighted by Gasteiger charge is -2.35. The molecule has 28 heavy (non-hydrogen) atoms. The van der Waals surface area contributed by atoms with Crippen LogP contribution in [0.2, 0.25) is 0 Å². The normalized spacial score (nSPS) is 23.0. The summed E-state index contributed by atoms with van der Waals surface area (Å²) in [6.45, 7) is 5.05. The summed E-state index contributed by atoms with van der Waals surface area (Å²) in [5.74, 6) is 1.67. The van der Waals surface area contributed by atoms with Crippen molar-refractivity contribution < 1.29 is 9.47 Å². The summed E-state index contributed by atoms with van der Waals surface area (Å²) in [6, 6.07) is 17.5. The largest absolute Gasteiger partial charge is 0.493 e. The van der Waals surface area contributed by atoms with E-state index in [0.717, 1.165) is 57.1 Å². The Morgan fingerprint density at radius 1 is 1.04 bits per heavy atom. The van der Waals surface area contributed by atoms with Crippen molar-refractivity contribution in [2.45, 2.75) is 25.0 Å². The Hall–Kier alpha value is -2.24. The Labute approximate surface area is 168 Å². The highest BCUT2D eigenvalue weighted by molar-refractivity contribution is 5.57. The van der Waals surface area contributed by atoms with Crippen molar-refractivity contribution in [1.29, 1.82) is 0 Å². The van der Waals surface area contributed by atoms with Gasteiger partial charge in [0.1, 0.15) is 6.10 Å². The molecule has 2 aromatic rings. The maximum absolute atomic E-state index is 6.31. The standard InChI is InChI=1S/C23H31N3O2/c1-25-12-10-21(17-25)28-23-15-20(8-9-22(23)27-2)26-13-11-24-19(16-26)14-18-6-4-3-5-7-18/h3-9,15,19,21,24H,10-14,16-17H2,1-2H3. The van der Waals surface area contributed by atoms with Gasteiger partial charge in [0.2, 0.25) is 0 Å². The quantitative estimate of drug-likeness (QED) is 0.833. The second kappa shape index (κ2) is 8.84. The molecule has 2 heterocycles. The van der Waals surface area contributed by atoms with Gasteiger partial charge in [-0.25, -0.2) is 0 Å². The van der Waals surface area contributed by atoms with Crippen LogP contribution < -0.4 is 19.7 Å². The molecule has 0 radical (unpaired) electrons. The summed E-state index contributed by atoms with van der Waals surface area (Å²) in [7, 11) is 3.86. The molecule has 0 spiro atoms. The zero-order valence-corrected chi connectivity index (χ0v) is 16.9. The van der Waals surface area contributed by atoms with E-state index in [1.54, 1.807) is 7.11 Å². The second-order valence-electron chi connectivity index (χ2n) is 7.91. The number of rotatable bonds is 6. The van der Waals surface area contributed by atoms with E-state index < -0.39 is 0 Å². The van der Waals surface area contributed by atoms with Gasteiger partial charge in [0.25, 0.3) is 0 Å². The molecular formula is C23H31N3O2. The molecule has 150 valence electrons. The lowest BCUT2D eigenvalue weighted by molar-refractivity contribution is 0.199. The van der Waals surface area contributed by atoms with Gasteiger partial charge < -0.3 is 24.6 Å². The Morgan fingerprint density at radius 2 is 1.89 bits per heavy atom. The fraction of sp³-hybridized carbons (Fsp3) is 0.478. The molecule has 2 aliphatic heterocycles. The van der Waals surface area contributed by atoms with Crippen molar-refractivity contribution in [3.8, 4) is 11.5 Å². The smallest absolute Gasteiger partial charge is 0.163 e. The van der Waals surface area contributed by atoms with Crippen LogP contribution >= 0.6 is 0 Å². The number of likely N-dealkylation sites (N-methyl/N-ethyl adjacent to an activating group) is 1. The van der Waals surface area contributed by atoms with E-state index in [-0.39, 0.29) is 6.10 Å². The number of anilines is 1. The number of hydrogen-bond donors (Lipinski definition) is 1. The third-order valence-electron chi connectivity index (χ3n) is 5.73. The van der Waals surface area contributed by atoms with Crippen molar-refractivity contribution >= 4 is 5.69 Å². The number of likely N-dealkylation sites (tertiary alicyclic amines) is 1. The molecule has 2 fully saturated rings. The highest BCUT2D eigenvalue weighted by atomic mass is 16.5. The molecule has 0 saturated carbocycles. The van der Waals surface area contributed by atoms with Crippen LogP contribution in [0.4, 0.5) is 5.69 Å². The highest BCUT2D eigenvalue weighted by Crippen LogP contribution is 2.34. The van der Waals surface area contributed by atoms with Crippen LogP contribution in [0.5, 0.6) is 11.5 Å². The van der Waals surface area contributed by atoms with E-state index in [0.29, 0.717) is 6.04 Å².